The Bertz CT molecular complexity index is 431. The molecule has 0 saturated carbocycles. The zero-order valence-corrected chi connectivity index (χ0v) is 14.9. The molecule has 120 valence electrons. The fourth-order valence-electron chi connectivity index (χ4n) is 2.74. The van der Waals surface area contributed by atoms with Crippen molar-refractivity contribution in [2.24, 2.45) is 0 Å². The van der Waals surface area contributed by atoms with Crippen LogP contribution in [0.25, 0.3) is 0 Å². The van der Waals surface area contributed by atoms with Crippen molar-refractivity contribution in [1.82, 2.24) is 10.2 Å². The Labute approximate surface area is 128 Å². The van der Waals surface area contributed by atoms with Gasteiger partial charge in [-0.2, -0.15) is 0 Å². The van der Waals surface area contributed by atoms with Crippen molar-refractivity contribution < 1.29 is 14.0 Å². The van der Waals surface area contributed by atoms with Crippen LogP contribution in [0.5, 0.6) is 0 Å². The Hall–Kier alpha value is -0.883. The van der Waals surface area contributed by atoms with Crippen LogP contribution in [-0.2, 0) is 14.0 Å². The van der Waals surface area contributed by atoms with Gasteiger partial charge in [-0.05, 0) is 31.0 Å². The molecule has 0 radical (unpaired) electrons. The lowest BCUT2D eigenvalue weighted by Gasteiger charge is -2.38. The highest BCUT2D eigenvalue weighted by Crippen LogP contribution is 2.37. The molecule has 5 nitrogen and oxygen atoms in total. The molecule has 0 aromatic rings. The highest BCUT2D eigenvalue weighted by atomic mass is 28.4. The standard InChI is InChI=1S/C15H28N2O3Si/c1-15(2,3)21(4,5)20-10-11-6-7-12-14(19)16-9-8-13(18)17(11)12/h11-12H,6-10H2,1-5H3,(H,16,19)/t11-,12+/m1/s1. The summed E-state index contributed by atoms with van der Waals surface area (Å²) < 4.78 is 6.26. The molecule has 0 spiro atoms. The summed E-state index contributed by atoms with van der Waals surface area (Å²) in [4.78, 5) is 26.1. The molecular formula is C15H28N2O3Si. The van der Waals surface area contributed by atoms with E-state index in [2.05, 4.69) is 39.2 Å². The van der Waals surface area contributed by atoms with Crippen LogP contribution in [0.15, 0.2) is 0 Å². The highest BCUT2D eigenvalue weighted by Gasteiger charge is 2.44. The van der Waals surface area contributed by atoms with E-state index in [0.717, 1.165) is 12.8 Å². The van der Waals surface area contributed by atoms with Gasteiger partial charge in [-0.3, -0.25) is 9.59 Å². The van der Waals surface area contributed by atoms with Gasteiger partial charge >= 0.3 is 0 Å². The molecule has 2 aliphatic rings. The average Bonchev–Trinajstić information content (AvgIpc) is 2.72. The SMILES string of the molecule is CC(C)(C)[Si](C)(C)OC[C@H]1CC[C@H]2C(=O)NCCC(=O)N12. The number of nitrogens with one attached hydrogen (secondary N) is 1. The van der Waals surface area contributed by atoms with E-state index < -0.39 is 8.32 Å². The predicted octanol–water partition coefficient (Wildman–Crippen LogP) is 1.89. The first-order chi connectivity index (χ1) is 9.63. The largest absolute Gasteiger partial charge is 0.415 e. The van der Waals surface area contributed by atoms with Gasteiger partial charge in [0.25, 0.3) is 0 Å². The van der Waals surface area contributed by atoms with E-state index in [1.54, 1.807) is 4.90 Å². The van der Waals surface area contributed by atoms with Gasteiger partial charge in [0.1, 0.15) is 6.04 Å². The lowest BCUT2D eigenvalue weighted by atomic mass is 10.2. The third-order valence-corrected chi connectivity index (χ3v) is 9.67. The first-order valence-corrected chi connectivity index (χ1v) is 10.8. The summed E-state index contributed by atoms with van der Waals surface area (Å²) in [6, 6.07) is -0.228. The molecule has 0 aromatic heterocycles. The second-order valence-electron chi connectivity index (χ2n) is 7.66. The lowest BCUT2D eigenvalue weighted by molar-refractivity contribution is -0.138. The van der Waals surface area contributed by atoms with E-state index in [1.807, 2.05) is 0 Å². The maximum absolute atomic E-state index is 12.3. The third-order valence-electron chi connectivity index (χ3n) is 5.17. The van der Waals surface area contributed by atoms with Gasteiger partial charge in [0.15, 0.2) is 8.32 Å². The molecule has 2 amide bonds. The van der Waals surface area contributed by atoms with Crippen molar-refractivity contribution in [2.75, 3.05) is 13.2 Å². The second kappa shape index (κ2) is 5.72. The van der Waals surface area contributed by atoms with Crippen LogP contribution in [-0.4, -0.2) is 50.3 Å². The number of fused-ring (bicyclic) bond motifs is 1. The Morgan fingerprint density at radius 2 is 1.95 bits per heavy atom. The van der Waals surface area contributed by atoms with Crippen LogP contribution in [0.2, 0.25) is 18.1 Å². The summed E-state index contributed by atoms with van der Waals surface area (Å²) in [7, 11) is -1.82. The molecule has 0 bridgehead atoms. The van der Waals surface area contributed by atoms with Crippen LogP contribution in [0.4, 0.5) is 0 Å². The summed E-state index contributed by atoms with van der Waals surface area (Å²) in [5.41, 5.74) is 0. The van der Waals surface area contributed by atoms with Gasteiger partial charge in [0, 0.05) is 13.0 Å². The Balaban J connectivity index is 2.05. The molecule has 2 fully saturated rings. The molecule has 2 aliphatic heterocycles. The number of carbonyl (C=O) groups excluding carboxylic acids is 2. The van der Waals surface area contributed by atoms with E-state index in [1.165, 1.54) is 0 Å². The van der Waals surface area contributed by atoms with Crippen LogP contribution < -0.4 is 5.32 Å². The number of amides is 2. The van der Waals surface area contributed by atoms with Crippen molar-refractivity contribution in [1.29, 1.82) is 0 Å². The fourth-order valence-corrected chi connectivity index (χ4v) is 3.78. The maximum atomic E-state index is 12.3. The monoisotopic (exact) mass is 312 g/mol. The van der Waals surface area contributed by atoms with Crippen molar-refractivity contribution in [3.05, 3.63) is 0 Å². The van der Waals surface area contributed by atoms with E-state index >= 15 is 0 Å². The minimum atomic E-state index is -1.82. The molecule has 2 heterocycles. The Kier molecular flexibility index (Phi) is 4.49. The Morgan fingerprint density at radius 1 is 1.29 bits per heavy atom. The van der Waals surface area contributed by atoms with Crippen molar-refractivity contribution in [3.63, 3.8) is 0 Å². The second-order valence-corrected chi connectivity index (χ2v) is 12.5. The van der Waals surface area contributed by atoms with Crippen LogP contribution >= 0.6 is 0 Å². The normalized spacial score (nSPS) is 27.4. The van der Waals surface area contributed by atoms with Gasteiger partial charge in [-0.25, -0.2) is 0 Å². The lowest BCUT2D eigenvalue weighted by Crippen LogP contribution is -2.49. The number of hydrogen-bond donors (Lipinski definition) is 1. The number of carbonyl (C=O) groups is 2. The van der Waals surface area contributed by atoms with Gasteiger partial charge in [-0.1, -0.05) is 20.8 Å². The zero-order valence-electron chi connectivity index (χ0n) is 13.9. The van der Waals surface area contributed by atoms with Gasteiger partial charge < -0.3 is 14.6 Å². The summed E-state index contributed by atoms with van der Waals surface area (Å²) in [5, 5.41) is 2.99. The van der Waals surface area contributed by atoms with E-state index in [4.69, 9.17) is 4.43 Å². The third kappa shape index (κ3) is 3.31. The smallest absolute Gasteiger partial charge is 0.242 e. The molecule has 1 N–H and O–H groups in total. The molecule has 6 heteroatoms. The quantitative estimate of drug-likeness (QED) is 0.810. The zero-order chi connectivity index (χ0) is 15.8. The van der Waals surface area contributed by atoms with Crippen molar-refractivity contribution in [2.45, 2.75) is 70.2 Å². The van der Waals surface area contributed by atoms with Gasteiger partial charge in [0.05, 0.1) is 12.6 Å². The van der Waals surface area contributed by atoms with E-state index in [9.17, 15) is 9.59 Å². The molecule has 2 saturated heterocycles. The summed E-state index contributed by atoms with van der Waals surface area (Å²) >= 11 is 0. The molecule has 0 aromatic carbocycles. The topological polar surface area (TPSA) is 58.6 Å². The summed E-state index contributed by atoms with van der Waals surface area (Å²) in [5.74, 6) is 0.0790. The van der Waals surface area contributed by atoms with Crippen LogP contribution in [0, 0.1) is 0 Å². The highest BCUT2D eigenvalue weighted by molar-refractivity contribution is 6.74. The van der Waals surface area contributed by atoms with E-state index in [0.29, 0.717) is 19.6 Å². The van der Waals surface area contributed by atoms with Gasteiger partial charge in [-0.15, -0.1) is 0 Å². The maximum Gasteiger partial charge on any atom is 0.242 e. The van der Waals surface area contributed by atoms with Crippen molar-refractivity contribution >= 4 is 20.1 Å². The molecule has 21 heavy (non-hydrogen) atoms. The average molecular weight is 312 g/mol. The molecular weight excluding hydrogens is 284 g/mol. The minimum Gasteiger partial charge on any atom is -0.415 e. The summed E-state index contributed by atoms with van der Waals surface area (Å²) in [6.45, 7) is 12.1. The summed E-state index contributed by atoms with van der Waals surface area (Å²) in [6.07, 6.45) is 2.01. The number of nitrogens with zero attached hydrogens (tertiary/aromatic N) is 1. The van der Waals surface area contributed by atoms with Crippen LogP contribution in [0.1, 0.15) is 40.0 Å². The van der Waals surface area contributed by atoms with Crippen LogP contribution in [0.3, 0.4) is 0 Å². The molecule has 0 aliphatic carbocycles. The minimum absolute atomic E-state index is 0.00400. The number of hydrogen-bond acceptors (Lipinski definition) is 3. The number of rotatable bonds is 3. The molecule has 0 unspecified atom stereocenters. The first kappa shape index (κ1) is 16.5. The predicted molar refractivity (Wildman–Crippen MR) is 84.4 cm³/mol. The van der Waals surface area contributed by atoms with E-state index in [-0.39, 0.29) is 28.9 Å². The molecule has 2 rings (SSSR count). The Morgan fingerprint density at radius 3 is 2.57 bits per heavy atom. The molecule has 2 atom stereocenters. The first-order valence-electron chi connectivity index (χ1n) is 7.86. The fraction of sp³-hybridized carbons (Fsp3) is 0.867. The van der Waals surface area contributed by atoms with Crippen molar-refractivity contribution in [3.8, 4) is 0 Å². The van der Waals surface area contributed by atoms with Gasteiger partial charge in [0.2, 0.25) is 11.8 Å².